The Labute approximate surface area is 126 Å². The topological polar surface area (TPSA) is 71.8 Å². The zero-order valence-corrected chi connectivity index (χ0v) is 12.8. The van der Waals surface area contributed by atoms with E-state index in [1.165, 1.54) is 0 Å². The molecule has 6 nitrogen and oxygen atoms in total. The Kier molecular flexibility index (Phi) is 6.47. The van der Waals surface area contributed by atoms with Crippen molar-refractivity contribution < 1.29 is 4.79 Å². The molecule has 2 rings (SSSR count). The summed E-state index contributed by atoms with van der Waals surface area (Å²) in [6.07, 6.45) is 3.74. The fourth-order valence-corrected chi connectivity index (χ4v) is 2.04. The lowest BCUT2D eigenvalue weighted by Crippen LogP contribution is -2.29. The Balaban J connectivity index is 0.00000180. The summed E-state index contributed by atoms with van der Waals surface area (Å²) >= 11 is 3.19. The maximum absolute atomic E-state index is 11.7. The standard InChI is InChI=1S/C11H16BrN5O.ClH/c1-8(12)6-14-11(18)10-7-17(16-15-10)9-2-4-13-5-3-9;/h7,9,13H,1-6H2,(H,14,18);1H. The molecule has 0 atom stereocenters. The third kappa shape index (κ3) is 4.59. The average molecular weight is 351 g/mol. The van der Waals surface area contributed by atoms with Gasteiger partial charge in [0.2, 0.25) is 0 Å². The average Bonchev–Trinajstić information content (AvgIpc) is 2.86. The van der Waals surface area contributed by atoms with Gasteiger partial charge in [0.1, 0.15) is 0 Å². The lowest BCUT2D eigenvalue weighted by molar-refractivity contribution is 0.0952. The molecule has 1 aromatic heterocycles. The van der Waals surface area contributed by atoms with Crippen molar-refractivity contribution in [3.05, 3.63) is 23.0 Å². The molecule has 0 saturated carbocycles. The van der Waals surface area contributed by atoms with Crippen molar-refractivity contribution in [3.8, 4) is 0 Å². The van der Waals surface area contributed by atoms with E-state index in [2.05, 4.69) is 43.5 Å². The molecule has 1 fully saturated rings. The van der Waals surface area contributed by atoms with Crippen molar-refractivity contribution >= 4 is 34.2 Å². The first-order valence-corrected chi connectivity index (χ1v) is 6.70. The number of piperidine rings is 1. The summed E-state index contributed by atoms with van der Waals surface area (Å²) in [4.78, 5) is 11.7. The highest BCUT2D eigenvalue weighted by Gasteiger charge is 2.18. The van der Waals surface area contributed by atoms with Crippen LogP contribution in [0.25, 0.3) is 0 Å². The van der Waals surface area contributed by atoms with Crippen LogP contribution in [0, 0.1) is 0 Å². The number of aromatic nitrogens is 3. The van der Waals surface area contributed by atoms with Crippen LogP contribution < -0.4 is 10.6 Å². The molecule has 0 radical (unpaired) electrons. The molecule has 0 aromatic carbocycles. The molecule has 1 aromatic rings. The lowest BCUT2D eigenvalue weighted by atomic mass is 10.1. The van der Waals surface area contributed by atoms with Gasteiger partial charge in [-0.2, -0.15) is 0 Å². The fourth-order valence-electron chi connectivity index (χ4n) is 1.90. The van der Waals surface area contributed by atoms with Gasteiger partial charge < -0.3 is 10.6 Å². The molecule has 2 N–H and O–H groups in total. The van der Waals surface area contributed by atoms with E-state index in [0.29, 0.717) is 18.3 Å². The second-order valence-electron chi connectivity index (χ2n) is 4.26. The second kappa shape index (κ2) is 7.62. The van der Waals surface area contributed by atoms with Crippen molar-refractivity contribution in [1.29, 1.82) is 0 Å². The third-order valence-electron chi connectivity index (χ3n) is 2.87. The normalized spacial score (nSPS) is 15.6. The zero-order valence-electron chi connectivity index (χ0n) is 10.4. The highest BCUT2D eigenvalue weighted by molar-refractivity contribution is 9.11. The minimum atomic E-state index is -0.226. The summed E-state index contributed by atoms with van der Waals surface area (Å²) in [6, 6.07) is 0.339. The summed E-state index contributed by atoms with van der Waals surface area (Å²) in [6.45, 7) is 6.00. The maximum atomic E-state index is 11.7. The quantitative estimate of drug-likeness (QED) is 0.857. The van der Waals surface area contributed by atoms with E-state index in [0.717, 1.165) is 30.4 Å². The summed E-state index contributed by atoms with van der Waals surface area (Å²) in [7, 11) is 0. The Bertz CT molecular complexity index is 444. The minimum absolute atomic E-state index is 0. The van der Waals surface area contributed by atoms with Crippen molar-refractivity contribution in [2.24, 2.45) is 0 Å². The summed E-state index contributed by atoms with van der Waals surface area (Å²) in [5.41, 5.74) is 0.349. The molecule has 1 amide bonds. The number of hydrogen-bond acceptors (Lipinski definition) is 4. The molecule has 0 unspecified atom stereocenters. The van der Waals surface area contributed by atoms with Crippen molar-refractivity contribution in [1.82, 2.24) is 25.6 Å². The summed E-state index contributed by atoms with van der Waals surface area (Å²) < 4.78 is 2.51. The molecule has 1 saturated heterocycles. The van der Waals surface area contributed by atoms with Gasteiger partial charge in [-0.1, -0.05) is 27.7 Å². The first-order valence-electron chi connectivity index (χ1n) is 5.91. The number of carbonyl (C=O) groups excluding carboxylic acids is 1. The van der Waals surface area contributed by atoms with E-state index in [1.807, 2.05) is 0 Å². The zero-order chi connectivity index (χ0) is 13.0. The molecule has 1 aliphatic heterocycles. The first-order chi connectivity index (χ1) is 8.66. The second-order valence-corrected chi connectivity index (χ2v) is 5.39. The Morgan fingerprint density at radius 2 is 2.26 bits per heavy atom. The van der Waals surface area contributed by atoms with Gasteiger partial charge in [-0.05, 0) is 25.9 Å². The predicted molar refractivity (Wildman–Crippen MR) is 78.8 cm³/mol. The van der Waals surface area contributed by atoms with Crippen LogP contribution in [0.1, 0.15) is 29.4 Å². The molecule has 0 bridgehead atoms. The predicted octanol–water partition coefficient (Wildman–Crippen LogP) is 1.26. The Hall–Kier alpha value is -0.920. The molecule has 0 aliphatic carbocycles. The van der Waals surface area contributed by atoms with Crippen molar-refractivity contribution in [2.75, 3.05) is 19.6 Å². The first kappa shape index (κ1) is 16.1. The van der Waals surface area contributed by atoms with Gasteiger partial charge in [0.25, 0.3) is 5.91 Å². The van der Waals surface area contributed by atoms with Crippen molar-refractivity contribution in [2.45, 2.75) is 18.9 Å². The number of amides is 1. The van der Waals surface area contributed by atoms with Crippen LogP contribution in [-0.4, -0.2) is 40.5 Å². The Morgan fingerprint density at radius 3 is 2.89 bits per heavy atom. The van der Waals surface area contributed by atoms with Crippen LogP contribution >= 0.6 is 28.3 Å². The molecule has 0 spiro atoms. The molecule has 106 valence electrons. The van der Waals surface area contributed by atoms with Gasteiger partial charge in [-0.15, -0.1) is 17.5 Å². The van der Waals surface area contributed by atoms with Crippen LogP contribution in [0.15, 0.2) is 17.3 Å². The van der Waals surface area contributed by atoms with Gasteiger partial charge in [-0.25, -0.2) is 4.68 Å². The minimum Gasteiger partial charge on any atom is -0.346 e. The van der Waals surface area contributed by atoms with Crippen LogP contribution in [-0.2, 0) is 0 Å². The number of carbonyl (C=O) groups is 1. The van der Waals surface area contributed by atoms with Gasteiger partial charge >= 0.3 is 0 Å². The molecular weight excluding hydrogens is 334 g/mol. The number of nitrogens with zero attached hydrogens (tertiary/aromatic N) is 3. The number of halogens is 2. The smallest absolute Gasteiger partial charge is 0.273 e. The van der Waals surface area contributed by atoms with Crippen molar-refractivity contribution in [3.63, 3.8) is 0 Å². The molecule has 19 heavy (non-hydrogen) atoms. The van der Waals surface area contributed by atoms with Gasteiger partial charge in [0.05, 0.1) is 12.2 Å². The van der Waals surface area contributed by atoms with Crippen LogP contribution in [0.4, 0.5) is 0 Å². The number of nitrogens with one attached hydrogen (secondary N) is 2. The van der Waals surface area contributed by atoms with Crippen LogP contribution in [0.3, 0.4) is 0 Å². The fraction of sp³-hybridized carbons (Fsp3) is 0.545. The summed E-state index contributed by atoms with van der Waals surface area (Å²) in [5.74, 6) is -0.226. The maximum Gasteiger partial charge on any atom is 0.273 e. The molecule has 8 heteroatoms. The molecular formula is C11H17BrClN5O. The third-order valence-corrected chi connectivity index (χ3v) is 3.15. The van der Waals surface area contributed by atoms with Gasteiger partial charge in [0, 0.05) is 11.0 Å². The largest absolute Gasteiger partial charge is 0.346 e. The van der Waals surface area contributed by atoms with Gasteiger partial charge in [-0.3, -0.25) is 4.79 Å². The van der Waals surface area contributed by atoms with E-state index < -0.39 is 0 Å². The van der Waals surface area contributed by atoms with E-state index in [9.17, 15) is 4.79 Å². The number of hydrogen-bond donors (Lipinski definition) is 2. The number of rotatable bonds is 4. The van der Waals surface area contributed by atoms with E-state index in [-0.39, 0.29) is 18.3 Å². The van der Waals surface area contributed by atoms with E-state index >= 15 is 0 Å². The lowest BCUT2D eigenvalue weighted by Gasteiger charge is -2.22. The van der Waals surface area contributed by atoms with Crippen LogP contribution in [0.2, 0.25) is 0 Å². The van der Waals surface area contributed by atoms with E-state index in [4.69, 9.17) is 0 Å². The Morgan fingerprint density at radius 1 is 1.58 bits per heavy atom. The molecule has 1 aliphatic rings. The van der Waals surface area contributed by atoms with Gasteiger partial charge in [0.15, 0.2) is 5.69 Å². The highest BCUT2D eigenvalue weighted by atomic mass is 79.9. The molecule has 2 heterocycles. The highest BCUT2D eigenvalue weighted by Crippen LogP contribution is 2.16. The monoisotopic (exact) mass is 349 g/mol. The SMILES string of the molecule is C=C(Br)CNC(=O)c1cn(C2CCNCC2)nn1.Cl. The summed E-state index contributed by atoms with van der Waals surface area (Å²) in [5, 5.41) is 13.9. The van der Waals surface area contributed by atoms with Crippen LogP contribution in [0.5, 0.6) is 0 Å². The van der Waals surface area contributed by atoms with E-state index in [1.54, 1.807) is 10.9 Å².